The lowest BCUT2D eigenvalue weighted by Gasteiger charge is -2.11. The summed E-state index contributed by atoms with van der Waals surface area (Å²) < 4.78 is 6.95. The van der Waals surface area contributed by atoms with Gasteiger partial charge in [0.15, 0.2) is 5.78 Å². The van der Waals surface area contributed by atoms with Crippen LogP contribution in [0.3, 0.4) is 0 Å². The van der Waals surface area contributed by atoms with E-state index in [0.717, 1.165) is 25.6 Å². The van der Waals surface area contributed by atoms with Crippen molar-refractivity contribution in [3.8, 4) is 5.75 Å². The van der Waals surface area contributed by atoms with Crippen LogP contribution < -0.4 is 4.74 Å². The zero-order valence-corrected chi connectivity index (χ0v) is 18.1. The van der Waals surface area contributed by atoms with Crippen LogP contribution in [0.25, 0.3) is 6.08 Å². The summed E-state index contributed by atoms with van der Waals surface area (Å²) in [5, 5.41) is -0.467. The van der Waals surface area contributed by atoms with Crippen LogP contribution in [0.15, 0.2) is 56.3 Å². The molecule has 1 heterocycles. The van der Waals surface area contributed by atoms with Crippen LogP contribution in [-0.4, -0.2) is 35.5 Å². The van der Waals surface area contributed by atoms with Gasteiger partial charge in [0.1, 0.15) is 5.75 Å². The van der Waals surface area contributed by atoms with Gasteiger partial charge in [0.2, 0.25) is 0 Å². The van der Waals surface area contributed by atoms with E-state index in [1.807, 2.05) is 6.07 Å². The molecule has 5 nitrogen and oxygen atoms in total. The summed E-state index contributed by atoms with van der Waals surface area (Å²) in [6.45, 7) is -0.292. The summed E-state index contributed by atoms with van der Waals surface area (Å²) in [5.41, 5.74) is 1.10. The molecule has 1 aliphatic rings. The molecule has 0 N–H and O–H groups in total. The highest BCUT2D eigenvalue weighted by Crippen LogP contribution is 2.34. The van der Waals surface area contributed by atoms with E-state index in [1.54, 1.807) is 42.5 Å². The number of hydrogen-bond acceptors (Lipinski definition) is 5. The maximum atomic E-state index is 12.6. The van der Waals surface area contributed by atoms with Crippen molar-refractivity contribution in [2.75, 3.05) is 13.7 Å². The molecule has 3 rings (SSSR count). The molecule has 2 aromatic carbocycles. The fraction of sp³-hybridized carbons (Fsp3) is 0.105. The standard InChI is InChI=1S/C19H13Br2NO4S/c1-26-16-7-6-14(21)8-12(16)9-17-18(24)22(19(25)27-17)10-15(23)11-2-4-13(20)5-3-11/h2-9H,10H2,1H3/b17-9+. The number of halogens is 2. The molecule has 1 fully saturated rings. The number of thioether (sulfide) groups is 1. The van der Waals surface area contributed by atoms with E-state index >= 15 is 0 Å². The molecule has 0 unspecified atom stereocenters. The number of Topliss-reactive ketones (excluding diaryl/α,β-unsaturated/α-hetero) is 1. The summed E-state index contributed by atoms with van der Waals surface area (Å²) in [4.78, 5) is 38.5. The summed E-state index contributed by atoms with van der Waals surface area (Å²) in [6, 6.07) is 12.1. The average Bonchev–Trinajstić information content (AvgIpc) is 2.90. The molecule has 0 aliphatic carbocycles. The van der Waals surface area contributed by atoms with Crippen molar-refractivity contribution < 1.29 is 19.1 Å². The highest BCUT2D eigenvalue weighted by atomic mass is 79.9. The summed E-state index contributed by atoms with van der Waals surface area (Å²) >= 11 is 7.49. The number of amides is 2. The van der Waals surface area contributed by atoms with Gasteiger partial charge in [0.05, 0.1) is 18.6 Å². The monoisotopic (exact) mass is 509 g/mol. The van der Waals surface area contributed by atoms with E-state index < -0.39 is 11.1 Å². The average molecular weight is 511 g/mol. The van der Waals surface area contributed by atoms with Crippen LogP contribution in [0.2, 0.25) is 0 Å². The predicted octanol–water partition coefficient (Wildman–Crippen LogP) is 5.14. The van der Waals surface area contributed by atoms with Crippen molar-refractivity contribution in [1.29, 1.82) is 0 Å². The van der Waals surface area contributed by atoms with E-state index in [-0.39, 0.29) is 17.2 Å². The van der Waals surface area contributed by atoms with Crippen molar-refractivity contribution in [3.05, 3.63) is 67.4 Å². The summed E-state index contributed by atoms with van der Waals surface area (Å²) in [7, 11) is 1.53. The third-order valence-corrected chi connectivity index (χ3v) is 5.75. The number of hydrogen-bond donors (Lipinski definition) is 0. The molecule has 27 heavy (non-hydrogen) atoms. The quantitative estimate of drug-likeness (QED) is 0.411. The molecule has 0 bridgehead atoms. The summed E-state index contributed by atoms with van der Waals surface area (Å²) in [5.74, 6) is -0.209. The SMILES string of the molecule is COc1ccc(Br)cc1/C=C1/SC(=O)N(CC(=O)c2ccc(Br)cc2)C1=O. The normalized spacial score (nSPS) is 15.5. The minimum absolute atomic E-state index is 0.250. The Balaban J connectivity index is 1.82. The van der Waals surface area contributed by atoms with Crippen molar-refractivity contribution >= 4 is 66.6 Å². The smallest absolute Gasteiger partial charge is 0.293 e. The van der Waals surface area contributed by atoms with E-state index in [9.17, 15) is 14.4 Å². The molecule has 0 saturated carbocycles. The fourth-order valence-electron chi connectivity index (χ4n) is 2.47. The van der Waals surface area contributed by atoms with E-state index in [4.69, 9.17) is 4.74 Å². The number of carbonyl (C=O) groups excluding carboxylic acids is 3. The second-order valence-corrected chi connectivity index (χ2v) is 8.41. The molecule has 2 amide bonds. The molecule has 0 aromatic heterocycles. The van der Waals surface area contributed by atoms with Crippen LogP contribution in [0.4, 0.5) is 4.79 Å². The zero-order valence-electron chi connectivity index (χ0n) is 14.1. The number of imide groups is 1. The minimum atomic E-state index is -0.488. The van der Waals surface area contributed by atoms with Crippen LogP contribution in [-0.2, 0) is 4.79 Å². The zero-order chi connectivity index (χ0) is 19.6. The number of carbonyl (C=O) groups is 3. The van der Waals surface area contributed by atoms with Crippen molar-refractivity contribution in [2.24, 2.45) is 0 Å². The lowest BCUT2D eigenvalue weighted by Crippen LogP contribution is -2.33. The first-order chi connectivity index (χ1) is 12.9. The Hall–Kier alpha value is -1.90. The van der Waals surface area contributed by atoms with E-state index in [0.29, 0.717) is 16.9 Å². The van der Waals surface area contributed by atoms with Gasteiger partial charge in [-0.25, -0.2) is 0 Å². The fourth-order valence-corrected chi connectivity index (χ4v) is 3.94. The molecule has 0 atom stereocenters. The lowest BCUT2D eigenvalue weighted by atomic mass is 10.1. The first-order valence-corrected chi connectivity index (χ1v) is 10.2. The van der Waals surface area contributed by atoms with Crippen LogP contribution in [0.1, 0.15) is 15.9 Å². The Morgan fingerprint density at radius 2 is 1.78 bits per heavy atom. The highest BCUT2D eigenvalue weighted by molar-refractivity contribution is 9.10. The first kappa shape index (κ1) is 19.9. The number of rotatable bonds is 5. The Labute approximate surface area is 177 Å². The third-order valence-electron chi connectivity index (χ3n) is 3.82. The Morgan fingerprint density at radius 3 is 2.44 bits per heavy atom. The van der Waals surface area contributed by atoms with Crippen molar-refractivity contribution in [2.45, 2.75) is 0 Å². The largest absolute Gasteiger partial charge is 0.496 e. The van der Waals surface area contributed by atoms with Crippen molar-refractivity contribution in [1.82, 2.24) is 4.90 Å². The Morgan fingerprint density at radius 1 is 1.11 bits per heavy atom. The minimum Gasteiger partial charge on any atom is -0.496 e. The van der Waals surface area contributed by atoms with Gasteiger partial charge in [-0.3, -0.25) is 19.3 Å². The van der Waals surface area contributed by atoms with Crippen LogP contribution in [0.5, 0.6) is 5.75 Å². The molecule has 2 aromatic rings. The van der Waals surface area contributed by atoms with Gasteiger partial charge in [-0.2, -0.15) is 0 Å². The molecule has 1 saturated heterocycles. The highest BCUT2D eigenvalue weighted by Gasteiger charge is 2.36. The van der Waals surface area contributed by atoms with Gasteiger partial charge in [0.25, 0.3) is 11.1 Å². The maximum absolute atomic E-state index is 12.6. The molecule has 8 heteroatoms. The molecule has 0 radical (unpaired) electrons. The molecular formula is C19H13Br2NO4S. The van der Waals surface area contributed by atoms with Gasteiger partial charge in [-0.1, -0.05) is 44.0 Å². The lowest BCUT2D eigenvalue weighted by molar-refractivity contribution is -0.122. The number of ether oxygens (including phenoxy) is 1. The van der Waals surface area contributed by atoms with Gasteiger partial charge in [-0.05, 0) is 48.2 Å². The topological polar surface area (TPSA) is 63.7 Å². The van der Waals surface area contributed by atoms with Crippen LogP contribution >= 0.6 is 43.6 Å². The molecule has 0 spiro atoms. The second-order valence-electron chi connectivity index (χ2n) is 5.58. The number of benzene rings is 2. The third kappa shape index (κ3) is 4.51. The number of methoxy groups -OCH3 is 1. The van der Waals surface area contributed by atoms with Crippen LogP contribution in [0, 0.1) is 0 Å². The maximum Gasteiger partial charge on any atom is 0.293 e. The molecule has 1 aliphatic heterocycles. The first-order valence-electron chi connectivity index (χ1n) is 7.76. The van der Waals surface area contributed by atoms with Gasteiger partial charge < -0.3 is 4.74 Å². The van der Waals surface area contributed by atoms with Gasteiger partial charge in [0, 0.05) is 20.1 Å². The number of ketones is 1. The molecular weight excluding hydrogens is 498 g/mol. The van der Waals surface area contributed by atoms with Crippen molar-refractivity contribution in [3.63, 3.8) is 0 Å². The van der Waals surface area contributed by atoms with Gasteiger partial charge >= 0.3 is 0 Å². The Kier molecular flexibility index (Phi) is 6.18. The van der Waals surface area contributed by atoms with E-state index in [1.165, 1.54) is 7.11 Å². The second kappa shape index (κ2) is 8.41. The van der Waals surface area contributed by atoms with E-state index in [2.05, 4.69) is 31.9 Å². The van der Waals surface area contributed by atoms with Gasteiger partial charge in [-0.15, -0.1) is 0 Å². The number of nitrogens with zero attached hydrogens (tertiary/aromatic N) is 1. The Bertz CT molecular complexity index is 957. The molecule has 138 valence electrons. The summed E-state index contributed by atoms with van der Waals surface area (Å²) in [6.07, 6.45) is 1.60. The predicted molar refractivity (Wildman–Crippen MR) is 112 cm³/mol.